The number of nitrogens with one attached hydrogen (secondary N) is 2. The molecule has 0 aromatic carbocycles. The van der Waals surface area contributed by atoms with Crippen LogP contribution in [0.1, 0.15) is 6.42 Å². The maximum absolute atomic E-state index is 12.4. The van der Waals surface area contributed by atoms with E-state index in [9.17, 15) is 22.8 Å². The van der Waals surface area contributed by atoms with Gasteiger partial charge in [-0.25, -0.2) is 5.84 Å². The van der Waals surface area contributed by atoms with Crippen LogP contribution in [0, 0.1) is 0 Å². The Kier molecular flexibility index (Phi) is 4.03. The quantitative estimate of drug-likeness (QED) is 0.337. The maximum atomic E-state index is 12.4. The first kappa shape index (κ1) is 13.1. The number of hydrogen-bond acceptors (Lipinski definition) is 4. The van der Waals surface area contributed by atoms with Gasteiger partial charge in [-0.2, -0.15) is 13.2 Å². The predicted molar refractivity (Wildman–Crippen MR) is 51.2 cm³/mol. The van der Waals surface area contributed by atoms with Crippen molar-refractivity contribution in [3.05, 3.63) is 0 Å². The van der Waals surface area contributed by atoms with Crippen LogP contribution in [0.15, 0.2) is 0 Å². The third-order valence-corrected chi connectivity index (χ3v) is 3.36. The average Bonchev–Trinajstić information content (AvgIpc) is 2.38. The Labute approximate surface area is 93.3 Å². The second-order valence-electron chi connectivity index (χ2n) is 3.20. The van der Waals surface area contributed by atoms with Crippen molar-refractivity contribution in [1.82, 2.24) is 10.7 Å². The van der Waals surface area contributed by atoms with Crippen LogP contribution in [0.3, 0.4) is 0 Å². The molecule has 0 aromatic rings. The molecule has 0 aliphatic carbocycles. The van der Waals surface area contributed by atoms with Crippen LogP contribution in [0.25, 0.3) is 0 Å². The summed E-state index contributed by atoms with van der Waals surface area (Å²) in [6.07, 6.45) is -5.13. The largest absolute Gasteiger partial charge is 0.401 e. The Hall–Kier alpha value is -0.960. The van der Waals surface area contributed by atoms with E-state index in [1.54, 1.807) is 5.43 Å². The van der Waals surface area contributed by atoms with E-state index in [0.717, 1.165) is 0 Å². The predicted octanol–water partition coefficient (Wildman–Crippen LogP) is -0.471. The molecule has 2 amide bonds. The molecule has 1 saturated heterocycles. The molecule has 0 spiro atoms. The fraction of sp³-hybridized carbons (Fsp3) is 0.714. The van der Waals surface area contributed by atoms with Crippen molar-refractivity contribution in [1.29, 1.82) is 0 Å². The molecule has 16 heavy (non-hydrogen) atoms. The number of amides is 2. The van der Waals surface area contributed by atoms with E-state index >= 15 is 0 Å². The molecule has 9 heteroatoms. The van der Waals surface area contributed by atoms with Gasteiger partial charge in [-0.15, -0.1) is 11.8 Å². The highest BCUT2D eigenvalue weighted by atomic mass is 32.2. The zero-order chi connectivity index (χ0) is 12.3. The van der Waals surface area contributed by atoms with Crippen LogP contribution in [0.2, 0.25) is 0 Å². The topological polar surface area (TPSA) is 84.2 Å². The number of carbonyl (C=O) groups is 2. The zero-order valence-electron chi connectivity index (χ0n) is 8.00. The van der Waals surface area contributed by atoms with E-state index in [1.807, 2.05) is 0 Å². The van der Waals surface area contributed by atoms with E-state index in [2.05, 4.69) is 5.32 Å². The van der Waals surface area contributed by atoms with Crippen molar-refractivity contribution in [3.63, 3.8) is 0 Å². The molecule has 4 N–H and O–H groups in total. The summed E-state index contributed by atoms with van der Waals surface area (Å²) in [5.74, 6) is 3.17. The van der Waals surface area contributed by atoms with Gasteiger partial charge in [0, 0.05) is 12.2 Å². The highest BCUT2D eigenvalue weighted by molar-refractivity contribution is 8.00. The van der Waals surface area contributed by atoms with E-state index in [1.165, 1.54) is 0 Å². The van der Waals surface area contributed by atoms with Gasteiger partial charge in [-0.1, -0.05) is 0 Å². The van der Waals surface area contributed by atoms with Gasteiger partial charge in [0.25, 0.3) is 5.91 Å². The number of alkyl halides is 3. The standard InChI is InChI=1S/C7H10F3N3O2S/c8-7(9,10)4-1-5(14)12-3(2-16-4)6(15)13-11/h3-4H,1-2,11H2,(H,12,14)(H,13,15)/t3-,4-/m1/s1. The SMILES string of the molecule is NNC(=O)[C@H]1CS[C@@H](C(F)(F)F)CC(=O)N1. The van der Waals surface area contributed by atoms with Crippen molar-refractivity contribution in [2.75, 3.05) is 5.75 Å². The molecule has 0 bridgehead atoms. The number of nitrogens with two attached hydrogens (primary N) is 1. The van der Waals surface area contributed by atoms with Gasteiger partial charge in [0.15, 0.2) is 0 Å². The molecule has 1 fully saturated rings. The number of hydrogen-bond donors (Lipinski definition) is 3. The molecule has 0 unspecified atom stereocenters. The van der Waals surface area contributed by atoms with Gasteiger partial charge in [0.05, 0.1) is 0 Å². The number of halogens is 3. The first-order chi connectivity index (χ1) is 7.34. The van der Waals surface area contributed by atoms with Crippen LogP contribution >= 0.6 is 11.8 Å². The molecule has 2 atom stereocenters. The molecular weight excluding hydrogens is 247 g/mol. The lowest BCUT2D eigenvalue weighted by Gasteiger charge is -2.16. The lowest BCUT2D eigenvalue weighted by atomic mass is 10.2. The van der Waals surface area contributed by atoms with Crippen LogP contribution in [0.4, 0.5) is 13.2 Å². The second kappa shape index (κ2) is 4.91. The van der Waals surface area contributed by atoms with Gasteiger partial charge < -0.3 is 5.32 Å². The monoisotopic (exact) mass is 257 g/mol. The first-order valence-corrected chi connectivity index (χ1v) is 5.37. The molecule has 0 saturated carbocycles. The lowest BCUT2D eigenvalue weighted by Crippen LogP contribution is -2.49. The highest BCUT2D eigenvalue weighted by Crippen LogP contribution is 2.34. The summed E-state index contributed by atoms with van der Waals surface area (Å²) in [4.78, 5) is 22.2. The van der Waals surface area contributed by atoms with Crippen LogP contribution in [0.5, 0.6) is 0 Å². The third-order valence-electron chi connectivity index (χ3n) is 1.99. The third kappa shape index (κ3) is 3.27. The highest BCUT2D eigenvalue weighted by Gasteiger charge is 2.43. The minimum atomic E-state index is -4.45. The van der Waals surface area contributed by atoms with Crippen molar-refractivity contribution in [2.24, 2.45) is 5.84 Å². The molecule has 1 rings (SSSR count). The normalized spacial score (nSPS) is 26.9. The Morgan fingerprint density at radius 3 is 2.69 bits per heavy atom. The summed E-state index contributed by atoms with van der Waals surface area (Å²) in [5.41, 5.74) is 1.79. The molecule has 1 aliphatic rings. The molecule has 1 heterocycles. The van der Waals surface area contributed by atoms with Gasteiger partial charge in [-0.05, 0) is 0 Å². The van der Waals surface area contributed by atoms with Crippen molar-refractivity contribution in [3.8, 4) is 0 Å². The summed E-state index contributed by atoms with van der Waals surface area (Å²) < 4.78 is 37.1. The van der Waals surface area contributed by atoms with Gasteiger partial charge >= 0.3 is 6.18 Å². The number of hydrazine groups is 1. The molecule has 0 aromatic heterocycles. The number of carbonyl (C=O) groups excluding carboxylic acids is 2. The average molecular weight is 257 g/mol. The minimum absolute atomic E-state index is 0.154. The van der Waals surface area contributed by atoms with Gasteiger partial charge in [0.1, 0.15) is 11.3 Å². The summed E-state index contributed by atoms with van der Waals surface area (Å²) in [5, 5.41) is 0.405. The Bertz CT molecular complexity index is 297. The van der Waals surface area contributed by atoms with E-state index in [4.69, 9.17) is 5.84 Å². The maximum Gasteiger partial charge on any atom is 0.401 e. The molecular formula is C7H10F3N3O2S. The molecule has 92 valence electrons. The summed E-state index contributed by atoms with van der Waals surface area (Å²) in [6.45, 7) is 0. The summed E-state index contributed by atoms with van der Waals surface area (Å²) in [7, 11) is 0. The molecule has 0 radical (unpaired) electrons. The van der Waals surface area contributed by atoms with Crippen LogP contribution in [-0.4, -0.2) is 35.0 Å². The van der Waals surface area contributed by atoms with Crippen molar-refractivity contribution < 1.29 is 22.8 Å². The number of thioether (sulfide) groups is 1. The zero-order valence-corrected chi connectivity index (χ0v) is 8.82. The van der Waals surface area contributed by atoms with Crippen molar-refractivity contribution in [2.45, 2.75) is 23.9 Å². The minimum Gasteiger partial charge on any atom is -0.343 e. The molecule has 1 aliphatic heterocycles. The lowest BCUT2D eigenvalue weighted by molar-refractivity contribution is -0.140. The Morgan fingerprint density at radius 1 is 1.56 bits per heavy atom. The van der Waals surface area contributed by atoms with E-state index < -0.39 is 35.7 Å². The van der Waals surface area contributed by atoms with Crippen molar-refractivity contribution >= 4 is 23.6 Å². The Morgan fingerprint density at radius 2 is 2.19 bits per heavy atom. The summed E-state index contributed by atoms with van der Waals surface area (Å²) in [6, 6.07) is -1.02. The van der Waals surface area contributed by atoms with Crippen LogP contribution < -0.4 is 16.6 Å². The second-order valence-corrected chi connectivity index (χ2v) is 4.43. The van der Waals surface area contributed by atoms with Gasteiger partial charge in [-0.3, -0.25) is 15.0 Å². The van der Waals surface area contributed by atoms with Gasteiger partial charge in [0.2, 0.25) is 5.91 Å². The Balaban J connectivity index is 2.70. The first-order valence-electron chi connectivity index (χ1n) is 4.32. The number of rotatable bonds is 1. The fourth-order valence-corrected chi connectivity index (χ4v) is 2.30. The summed E-state index contributed by atoms with van der Waals surface area (Å²) >= 11 is 0.522. The fourth-order valence-electron chi connectivity index (χ4n) is 1.19. The smallest absolute Gasteiger partial charge is 0.343 e. The van der Waals surface area contributed by atoms with E-state index in [0.29, 0.717) is 11.8 Å². The molecule has 5 nitrogen and oxygen atoms in total. The van der Waals surface area contributed by atoms with Crippen LogP contribution in [-0.2, 0) is 9.59 Å². The van der Waals surface area contributed by atoms with E-state index in [-0.39, 0.29) is 5.75 Å².